The molecule has 0 radical (unpaired) electrons. The predicted molar refractivity (Wildman–Crippen MR) is 119 cm³/mol. The standard InChI is InChI=1S/C22H20F5N5O4S/c1-12(14-6-16(23)9-17(24)7-14)32-5-4-13-2-3-18(8-15(13)10-32)37(34,35)31-21-29-19(30-36-21)20(33)28-11-22(25,26)27/h2-3,6-9,12H,4-5,10-11H2,1H3,(H,28,33)(H,29,30,31). The van der Waals surface area contributed by atoms with Crippen LogP contribution in [0.2, 0.25) is 0 Å². The Labute approximate surface area is 207 Å². The van der Waals surface area contributed by atoms with E-state index in [-0.39, 0.29) is 10.9 Å². The van der Waals surface area contributed by atoms with Gasteiger partial charge in [-0.3, -0.25) is 9.69 Å². The van der Waals surface area contributed by atoms with Gasteiger partial charge in [0.05, 0.1) is 4.90 Å². The third kappa shape index (κ3) is 6.40. The molecule has 15 heteroatoms. The summed E-state index contributed by atoms with van der Waals surface area (Å²) < 4.78 is 96.4. The van der Waals surface area contributed by atoms with Crippen LogP contribution in [0.1, 0.15) is 40.3 Å². The summed E-state index contributed by atoms with van der Waals surface area (Å²) in [7, 11) is -4.27. The second-order valence-electron chi connectivity index (χ2n) is 8.36. The number of aromatic nitrogens is 2. The molecule has 1 amide bonds. The van der Waals surface area contributed by atoms with E-state index in [4.69, 9.17) is 0 Å². The zero-order chi connectivity index (χ0) is 27.0. The summed E-state index contributed by atoms with van der Waals surface area (Å²) in [5.74, 6) is -3.47. The van der Waals surface area contributed by atoms with Gasteiger partial charge < -0.3 is 9.84 Å². The molecule has 2 aromatic carbocycles. The van der Waals surface area contributed by atoms with Gasteiger partial charge in [0, 0.05) is 25.2 Å². The number of rotatable bonds is 7. The Hall–Kier alpha value is -3.59. The molecule has 1 unspecified atom stereocenters. The fraction of sp³-hybridized carbons (Fsp3) is 0.318. The first-order valence-electron chi connectivity index (χ1n) is 10.8. The van der Waals surface area contributed by atoms with Crippen molar-refractivity contribution in [3.8, 4) is 0 Å². The van der Waals surface area contributed by atoms with E-state index in [9.17, 15) is 35.2 Å². The normalized spacial score (nSPS) is 15.2. The van der Waals surface area contributed by atoms with Crippen molar-refractivity contribution < 1.29 is 39.7 Å². The summed E-state index contributed by atoms with van der Waals surface area (Å²) in [6.45, 7) is 1.06. The van der Waals surface area contributed by atoms with Crippen LogP contribution in [0, 0.1) is 11.6 Å². The van der Waals surface area contributed by atoms with Crippen molar-refractivity contribution in [1.82, 2.24) is 20.4 Å². The average Bonchev–Trinajstić information content (AvgIpc) is 3.28. The maximum absolute atomic E-state index is 13.7. The number of fused-ring (bicyclic) bond motifs is 1. The van der Waals surface area contributed by atoms with Crippen LogP contribution >= 0.6 is 0 Å². The lowest BCUT2D eigenvalue weighted by Gasteiger charge is -2.34. The highest BCUT2D eigenvalue weighted by Gasteiger charge is 2.30. The maximum atomic E-state index is 13.7. The second kappa shape index (κ2) is 10.0. The van der Waals surface area contributed by atoms with Gasteiger partial charge >= 0.3 is 12.2 Å². The molecule has 4 rings (SSSR count). The third-order valence-electron chi connectivity index (χ3n) is 5.75. The SMILES string of the molecule is CC(c1cc(F)cc(F)c1)N1CCc2ccc(S(=O)(=O)Nc3nc(C(=O)NCC(F)(F)F)no3)cc2C1. The van der Waals surface area contributed by atoms with Gasteiger partial charge in [0.25, 0.3) is 21.8 Å². The van der Waals surface area contributed by atoms with Gasteiger partial charge in [-0.2, -0.15) is 18.2 Å². The summed E-state index contributed by atoms with van der Waals surface area (Å²) in [6.07, 6.45) is -4.08. The molecular weight excluding hydrogens is 525 g/mol. The fourth-order valence-electron chi connectivity index (χ4n) is 3.87. The van der Waals surface area contributed by atoms with E-state index in [1.807, 2.05) is 9.62 Å². The number of hydrogen-bond acceptors (Lipinski definition) is 7. The second-order valence-corrected chi connectivity index (χ2v) is 10.0. The summed E-state index contributed by atoms with van der Waals surface area (Å²) in [6, 6.07) is 6.64. The van der Waals surface area contributed by atoms with Gasteiger partial charge in [0.1, 0.15) is 18.2 Å². The lowest BCUT2D eigenvalue weighted by Crippen LogP contribution is -2.34. The average molecular weight is 545 g/mol. The molecule has 1 aliphatic heterocycles. The summed E-state index contributed by atoms with van der Waals surface area (Å²) in [5.41, 5.74) is 2.02. The zero-order valence-electron chi connectivity index (χ0n) is 19.1. The van der Waals surface area contributed by atoms with Gasteiger partial charge in [-0.05, 0) is 59.5 Å². The Bertz CT molecular complexity index is 1410. The number of amides is 1. The number of alkyl halides is 3. The first-order valence-corrected chi connectivity index (χ1v) is 12.3. The van der Waals surface area contributed by atoms with E-state index < -0.39 is 52.1 Å². The van der Waals surface area contributed by atoms with Crippen molar-refractivity contribution >= 4 is 21.9 Å². The molecule has 0 saturated carbocycles. The van der Waals surface area contributed by atoms with E-state index in [1.54, 1.807) is 13.0 Å². The molecule has 1 aliphatic rings. The van der Waals surface area contributed by atoms with E-state index >= 15 is 0 Å². The molecule has 0 aliphatic carbocycles. The lowest BCUT2D eigenvalue weighted by molar-refractivity contribution is -0.123. The largest absolute Gasteiger partial charge is 0.405 e. The number of hydrogen-bond donors (Lipinski definition) is 2. The molecule has 0 spiro atoms. The first-order chi connectivity index (χ1) is 17.3. The van der Waals surface area contributed by atoms with Crippen LogP contribution in [-0.4, -0.2) is 48.6 Å². The highest BCUT2D eigenvalue weighted by atomic mass is 32.2. The Morgan fingerprint density at radius 3 is 2.51 bits per heavy atom. The number of carbonyl (C=O) groups excluding carboxylic acids is 1. The smallest absolute Gasteiger partial charge is 0.340 e. The van der Waals surface area contributed by atoms with Crippen molar-refractivity contribution in [2.45, 2.75) is 37.0 Å². The molecule has 1 aromatic heterocycles. The minimum Gasteiger partial charge on any atom is -0.340 e. The molecule has 0 bridgehead atoms. The van der Waals surface area contributed by atoms with Gasteiger partial charge in [0.15, 0.2) is 0 Å². The highest BCUT2D eigenvalue weighted by molar-refractivity contribution is 7.92. The number of halogens is 5. The number of anilines is 1. The van der Waals surface area contributed by atoms with E-state index in [2.05, 4.69) is 14.7 Å². The van der Waals surface area contributed by atoms with Crippen molar-refractivity contribution in [2.75, 3.05) is 17.8 Å². The van der Waals surface area contributed by atoms with Crippen LogP contribution < -0.4 is 10.0 Å². The quantitative estimate of drug-likeness (QED) is 0.436. The fourth-order valence-corrected chi connectivity index (χ4v) is 4.85. The number of nitrogens with one attached hydrogen (secondary N) is 2. The van der Waals surface area contributed by atoms with Crippen LogP contribution in [0.25, 0.3) is 0 Å². The van der Waals surface area contributed by atoms with E-state index in [0.29, 0.717) is 30.6 Å². The molecule has 0 saturated heterocycles. The number of nitrogens with zero attached hydrogens (tertiary/aromatic N) is 3. The molecule has 2 N–H and O–H groups in total. The number of benzene rings is 2. The molecular formula is C22H20F5N5O4S. The third-order valence-corrected chi connectivity index (χ3v) is 7.06. The Kier molecular flexibility index (Phi) is 7.19. The van der Waals surface area contributed by atoms with Crippen LogP contribution in [0.4, 0.5) is 28.0 Å². The molecule has 198 valence electrons. The maximum Gasteiger partial charge on any atom is 0.405 e. The van der Waals surface area contributed by atoms with Crippen LogP contribution in [-0.2, 0) is 23.0 Å². The minimum atomic E-state index is -4.66. The van der Waals surface area contributed by atoms with Gasteiger partial charge in [-0.25, -0.2) is 21.9 Å². The zero-order valence-corrected chi connectivity index (χ0v) is 20.0. The Morgan fingerprint density at radius 2 is 1.84 bits per heavy atom. The Balaban J connectivity index is 1.48. The van der Waals surface area contributed by atoms with Gasteiger partial charge in [-0.15, -0.1) is 0 Å². The van der Waals surface area contributed by atoms with Crippen molar-refractivity contribution in [3.63, 3.8) is 0 Å². The van der Waals surface area contributed by atoms with Gasteiger partial charge in [0.2, 0.25) is 0 Å². The molecule has 37 heavy (non-hydrogen) atoms. The predicted octanol–water partition coefficient (Wildman–Crippen LogP) is 3.56. The monoisotopic (exact) mass is 545 g/mol. The van der Waals surface area contributed by atoms with Crippen molar-refractivity contribution in [1.29, 1.82) is 0 Å². The molecule has 1 atom stereocenters. The van der Waals surface area contributed by atoms with Crippen LogP contribution in [0.3, 0.4) is 0 Å². The molecule has 3 aromatic rings. The van der Waals surface area contributed by atoms with Crippen molar-refractivity contribution in [2.24, 2.45) is 0 Å². The highest BCUT2D eigenvalue weighted by Crippen LogP contribution is 2.30. The first kappa shape index (κ1) is 26.5. The lowest BCUT2D eigenvalue weighted by atomic mass is 9.97. The summed E-state index contributed by atoms with van der Waals surface area (Å²) in [5, 5.41) is 4.72. The molecule has 9 nitrogen and oxygen atoms in total. The Morgan fingerprint density at radius 1 is 1.14 bits per heavy atom. The molecule has 0 fully saturated rings. The minimum absolute atomic E-state index is 0.168. The van der Waals surface area contributed by atoms with E-state index in [0.717, 1.165) is 11.6 Å². The molecule has 2 heterocycles. The number of sulfonamides is 1. The summed E-state index contributed by atoms with van der Waals surface area (Å²) >= 11 is 0. The summed E-state index contributed by atoms with van der Waals surface area (Å²) in [4.78, 5) is 17.0. The van der Waals surface area contributed by atoms with Crippen LogP contribution in [0.15, 0.2) is 45.8 Å². The van der Waals surface area contributed by atoms with E-state index in [1.165, 1.54) is 29.6 Å². The van der Waals surface area contributed by atoms with Crippen LogP contribution in [0.5, 0.6) is 0 Å². The topological polar surface area (TPSA) is 117 Å². The van der Waals surface area contributed by atoms with Gasteiger partial charge in [-0.1, -0.05) is 6.07 Å². The van der Waals surface area contributed by atoms with Crippen molar-refractivity contribution in [3.05, 3.63) is 70.5 Å². The number of carbonyl (C=O) groups is 1.